The van der Waals surface area contributed by atoms with Gasteiger partial charge in [-0.25, -0.2) is 18.0 Å². The van der Waals surface area contributed by atoms with Crippen LogP contribution in [0.1, 0.15) is 49.8 Å². The van der Waals surface area contributed by atoms with Crippen LogP contribution < -0.4 is 10.0 Å². The monoisotopic (exact) mass is 454 g/mol. The number of hydrogen-bond acceptors (Lipinski definition) is 8. The summed E-state index contributed by atoms with van der Waals surface area (Å²) in [6, 6.07) is 5.74. The van der Waals surface area contributed by atoms with Crippen LogP contribution in [0.15, 0.2) is 28.5 Å². The lowest BCUT2D eigenvalue weighted by atomic mass is 10.2. The molecule has 30 heavy (non-hydrogen) atoms. The second-order valence-corrected chi connectivity index (χ2v) is 9.41. The van der Waals surface area contributed by atoms with E-state index in [-0.39, 0.29) is 37.8 Å². The average Bonchev–Trinajstić information content (AvgIpc) is 3.04. The number of rotatable bonds is 7. The van der Waals surface area contributed by atoms with Crippen molar-refractivity contribution in [2.24, 2.45) is 0 Å². The minimum atomic E-state index is -4.24. The number of carbonyl (C=O) groups excluding carboxylic acids is 3. The fourth-order valence-corrected chi connectivity index (χ4v) is 5.34. The molecule has 2 aromatic rings. The van der Waals surface area contributed by atoms with Gasteiger partial charge < -0.3 is 14.8 Å². The molecule has 2 rings (SSSR count). The van der Waals surface area contributed by atoms with Gasteiger partial charge in [-0.2, -0.15) is 0 Å². The van der Waals surface area contributed by atoms with Crippen LogP contribution in [0.5, 0.6) is 0 Å². The van der Waals surface area contributed by atoms with E-state index in [9.17, 15) is 22.8 Å². The van der Waals surface area contributed by atoms with Gasteiger partial charge in [0.2, 0.25) is 0 Å². The maximum atomic E-state index is 12.9. The van der Waals surface area contributed by atoms with E-state index in [0.29, 0.717) is 16.9 Å². The summed E-state index contributed by atoms with van der Waals surface area (Å²) in [5.74, 6) is -1.94. The molecule has 1 aromatic heterocycles. The first-order valence-corrected chi connectivity index (χ1v) is 11.1. The van der Waals surface area contributed by atoms with Crippen LogP contribution in [0.3, 0.4) is 0 Å². The normalized spacial score (nSPS) is 11.1. The highest BCUT2D eigenvalue weighted by Crippen LogP contribution is 2.34. The Bertz CT molecular complexity index is 1070. The van der Waals surface area contributed by atoms with Crippen LogP contribution in [0, 0.1) is 6.92 Å². The van der Waals surface area contributed by atoms with Gasteiger partial charge in [-0.1, -0.05) is 0 Å². The molecule has 0 aliphatic carbocycles. The quantitative estimate of drug-likeness (QED) is 0.615. The van der Waals surface area contributed by atoms with Gasteiger partial charge in [0, 0.05) is 17.3 Å². The van der Waals surface area contributed by atoms with Crippen LogP contribution in [-0.4, -0.2) is 46.5 Å². The van der Waals surface area contributed by atoms with E-state index in [0.717, 1.165) is 14.2 Å². The molecular formula is C19H22N2O7S2. The predicted molar refractivity (Wildman–Crippen MR) is 112 cm³/mol. The van der Waals surface area contributed by atoms with Gasteiger partial charge in [0.15, 0.2) is 4.21 Å². The number of carbonyl (C=O) groups is 3. The van der Waals surface area contributed by atoms with Crippen LogP contribution in [0.4, 0.5) is 5.69 Å². The topological polar surface area (TPSA) is 128 Å². The zero-order valence-corrected chi connectivity index (χ0v) is 18.7. The molecule has 162 valence electrons. The Hall–Kier alpha value is -2.92. The number of esters is 2. The number of sulfonamides is 1. The first-order chi connectivity index (χ1) is 14.0. The molecule has 9 nitrogen and oxygen atoms in total. The van der Waals surface area contributed by atoms with E-state index in [2.05, 4.69) is 19.5 Å². The Morgan fingerprint density at radius 1 is 1.00 bits per heavy atom. The largest absolute Gasteiger partial charge is 0.465 e. The SMILES string of the molecule is COC(=O)c1sc(S(=O)(=O)Nc2ccc(C(=O)NC(C)C)cc2)c(C(=O)OC)c1C. The number of thiophene rings is 1. The smallest absolute Gasteiger partial charge is 0.348 e. The maximum absolute atomic E-state index is 12.9. The summed E-state index contributed by atoms with van der Waals surface area (Å²) >= 11 is 0.614. The van der Waals surface area contributed by atoms with Gasteiger partial charge in [0.05, 0.1) is 19.8 Å². The number of ether oxygens (including phenoxy) is 2. The van der Waals surface area contributed by atoms with Gasteiger partial charge in [-0.05, 0) is 50.6 Å². The molecule has 0 unspecified atom stereocenters. The average molecular weight is 455 g/mol. The molecule has 1 aromatic carbocycles. The van der Waals surface area contributed by atoms with Crippen molar-refractivity contribution in [1.82, 2.24) is 5.32 Å². The molecule has 0 bridgehead atoms. The predicted octanol–water partition coefficient (Wildman–Crippen LogP) is 2.57. The first kappa shape index (κ1) is 23.4. The first-order valence-electron chi connectivity index (χ1n) is 8.75. The zero-order chi connectivity index (χ0) is 22.6. The van der Waals surface area contributed by atoms with E-state index < -0.39 is 22.0 Å². The fraction of sp³-hybridized carbons (Fsp3) is 0.316. The Balaban J connectivity index is 2.41. The lowest BCUT2D eigenvalue weighted by molar-refractivity contribution is 0.0596. The molecule has 11 heteroatoms. The summed E-state index contributed by atoms with van der Waals surface area (Å²) in [7, 11) is -1.97. The lowest BCUT2D eigenvalue weighted by Crippen LogP contribution is -2.30. The summed E-state index contributed by atoms with van der Waals surface area (Å²) in [6.07, 6.45) is 0. The highest BCUT2D eigenvalue weighted by Gasteiger charge is 2.32. The van der Waals surface area contributed by atoms with Gasteiger partial charge in [-0.15, -0.1) is 11.3 Å². The minimum absolute atomic E-state index is 0.0148. The van der Waals surface area contributed by atoms with E-state index >= 15 is 0 Å². The van der Waals surface area contributed by atoms with Crippen molar-refractivity contribution >= 4 is 44.9 Å². The molecule has 0 saturated carbocycles. The van der Waals surface area contributed by atoms with Gasteiger partial charge in [-0.3, -0.25) is 9.52 Å². The minimum Gasteiger partial charge on any atom is -0.465 e. The van der Waals surface area contributed by atoms with E-state index in [1.54, 1.807) is 0 Å². The van der Waals surface area contributed by atoms with Crippen molar-refractivity contribution in [3.63, 3.8) is 0 Å². The molecule has 1 amide bonds. The van der Waals surface area contributed by atoms with Gasteiger partial charge in [0.1, 0.15) is 4.88 Å². The van der Waals surface area contributed by atoms with Crippen molar-refractivity contribution in [3.8, 4) is 0 Å². The van der Waals surface area contributed by atoms with Crippen molar-refractivity contribution in [3.05, 3.63) is 45.8 Å². The van der Waals surface area contributed by atoms with Crippen LogP contribution in [-0.2, 0) is 19.5 Å². The van der Waals surface area contributed by atoms with E-state index in [4.69, 9.17) is 0 Å². The van der Waals surface area contributed by atoms with Crippen LogP contribution >= 0.6 is 11.3 Å². The fourth-order valence-electron chi connectivity index (χ4n) is 2.54. The number of nitrogens with one attached hydrogen (secondary N) is 2. The molecule has 0 saturated heterocycles. The Kier molecular flexibility index (Phi) is 7.21. The Labute approximate surface area is 178 Å². The van der Waals surface area contributed by atoms with Crippen molar-refractivity contribution in [2.75, 3.05) is 18.9 Å². The van der Waals surface area contributed by atoms with Crippen LogP contribution in [0.25, 0.3) is 0 Å². The zero-order valence-electron chi connectivity index (χ0n) is 17.1. The summed E-state index contributed by atoms with van der Waals surface area (Å²) in [6.45, 7) is 5.09. The third-order valence-electron chi connectivity index (χ3n) is 3.94. The molecular weight excluding hydrogens is 432 g/mol. The number of benzene rings is 1. The summed E-state index contributed by atoms with van der Waals surface area (Å²) < 4.78 is 37.2. The number of methoxy groups -OCH3 is 2. The second kappa shape index (κ2) is 9.26. The summed E-state index contributed by atoms with van der Waals surface area (Å²) in [5, 5.41) is 2.73. The lowest BCUT2D eigenvalue weighted by Gasteiger charge is -2.10. The highest BCUT2D eigenvalue weighted by molar-refractivity contribution is 7.94. The van der Waals surface area contributed by atoms with E-state index in [1.165, 1.54) is 31.2 Å². The van der Waals surface area contributed by atoms with E-state index in [1.807, 2.05) is 13.8 Å². The molecule has 2 N–H and O–H groups in total. The molecule has 1 heterocycles. The summed E-state index contributed by atoms with van der Waals surface area (Å²) in [4.78, 5) is 36.1. The molecule has 0 aliphatic heterocycles. The number of amides is 1. The molecule has 0 atom stereocenters. The molecule has 0 radical (unpaired) electrons. The second-order valence-electron chi connectivity index (χ2n) is 6.51. The maximum Gasteiger partial charge on any atom is 0.348 e. The Morgan fingerprint density at radius 3 is 2.07 bits per heavy atom. The third kappa shape index (κ3) is 4.97. The number of hydrogen-bond donors (Lipinski definition) is 2. The highest BCUT2D eigenvalue weighted by atomic mass is 32.2. The van der Waals surface area contributed by atoms with Gasteiger partial charge in [0.25, 0.3) is 15.9 Å². The van der Waals surface area contributed by atoms with Gasteiger partial charge >= 0.3 is 11.9 Å². The molecule has 0 fully saturated rings. The van der Waals surface area contributed by atoms with Crippen molar-refractivity contribution in [2.45, 2.75) is 31.0 Å². The third-order valence-corrected chi connectivity index (χ3v) is 7.11. The van der Waals surface area contributed by atoms with Crippen molar-refractivity contribution in [1.29, 1.82) is 0 Å². The Morgan fingerprint density at radius 2 is 1.57 bits per heavy atom. The molecule has 0 spiro atoms. The van der Waals surface area contributed by atoms with Crippen molar-refractivity contribution < 1.29 is 32.3 Å². The number of anilines is 1. The molecule has 0 aliphatic rings. The summed E-state index contributed by atoms with van der Waals surface area (Å²) in [5.41, 5.74) is 0.461. The van der Waals surface area contributed by atoms with Crippen LogP contribution in [0.2, 0.25) is 0 Å². The standard InChI is InChI=1S/C19H22N2O7S2/c1-10(2)20-16(22)12-6-8-13(9-7-12)21-30(25,26)19-14(17(23)27-4)11(3)15(29-19)18(24)28-5/h6-10,21H,1-5H3,(H,20,22).